The molecule has 20 heteroatoms. The molecule has 9 aliphatic rings. The van der Waals surface area contributed by atoms with Crippen LogP contribution in [0.1, 0.15) is 77.0 Å². The van der Waals surface area contributed by atoms with Gasteiger partial charge in [-0.3, -0.25) is 19.2 Å². The van der Waals surface area contributed by atoms with E-state index in [9.17, 15) is 38.4 Å². The van der Waals surface area contributed by atoms with Crippen LogP contribution >= 0.6 is 43.2 Å². The summed E-state index contributed by atoms with van der Waals surface area (Å²) in [5.74, 6) is -2.92. The van der Waals surface area contributed by atoms with Crippen LogP contribution < -0.4 is 21.3 Å². The average Bonchev–Trinajstić information content (AvgIpc) is 3.21. The zero-order valence-corrected chi connectivity index (χ0v) is 37.7. The smallest absolute Gasteiger partial charge is 0.329 e. The number of rotatable bonds is 4. The highest BCUT2D eigenvalue weighted by Crippen LogP contribution is 2.67. The minimum absolute atomic E-state index is 0.105. The quantitative estimate of drug-likeness (QED) is 0.181. The minimum Gasteiger partial charge on any atom is -0.467 e. The van der Waals surface area contributed by atoms with Crippen molar-refractivity contribution in [3.63, 3.8) is 0 Å². The molecule has 8 bridgehead atoms. The molecular formula is C40H56N4O12S4. The first-order chi connectivity index (χ1) is 28.6. The SMILES string of the molecule is COC(=O)[C@H]1CSSC[C@H](C(=O)OC)NC(=O)C23CC4CC(C2)CC(C4)(C3)C(=O)N[C@@H](C(=O)OC)CSSC[C@H](C(=O)OC)NC(=O)C23CC4CC(CC(C4)(C2)C(=O)N1)C3. The van der Waals surface area contributed by atoms with Crippen LogP contribution in [0, 0.1) is 45.3 Å². The Morgan fingerprint density at radius 2 is 0.617 bits per heavy atom. The van der Waals surface area contributed by atoms with E-state index in [1.54, 1.807) is 0 Å². The molecule has 0 aromatic heterocycles. The van der Waals surface area contributed by atoms with Gasteiger partial charge in [0.05, 0.1) is 50.1 Å². The predicted octanol–water partition coefficient (Wildman–Crippen LogP) is 2.57. The Morgan fingerprint density at radius 1 is 0.417 bits per heavy atom. The Hall–Kier alpha value is -2.84. The fourth-order valence-electron chi connectivity index (χ4n) is 12.5. The maximum absolute atomic E-state index is 14.4. The molecule has 9 fully saturated rings. The first kappa shape index (κ1) is 45.2. The van der Waals surface area contributed by atoms with Crippen LogP contribution in [0.2, 0.25) is 0 Å². The molecule has 16 nitrogen and oxygen atoms in total. The third kappa shape index (κ3) is 8.86. The maximum Gasteiger partial charge on any atom is 0.329 e. The number of ether oxygens (including phenoxy) is 4. The third-order valence-corrected chi connectivity index (χ3v) is 19.2. The molecule has 60 heavy (non-hydrogen) atoms. The van der Waals surface area contributed by atoms with E-state index in [1.807, 2.05) is 0 Å². The summed E-state index contributed by atoms with van der Waals surface area (Å²) in [6, 6.07) is -4.08. The van der Waals surface area contributed by atoms with Gasteiger partial charge in [-0.15, -0.1) is 0 Å². The van der Waals surface area contributed by atoms with Crippen molar-refractivity contribution in [3.05, 3.63) is 0 Å². The second-order valence-corrected chi connectivity index (χ2v) is 23.5. The minimum atomic E-state index is -1.02. The van der Waals surface area contributed by atoms with Gasteiger partial charge in [0.1, 0.15) is 24.2 Å². The molecule has 8 aliphatic carbocycles. The first-order valence-electron chi connectivity index (χ1n) is 20.7. The molecule has 0 unspecified atom stereocenters. The van der Waals surface area contributed by atoms with Gasteiger partial charge in [-0.25, -0.2) is 19.2 Å². The lowest BCUT2D eigenvalue weighted by Crippen LogP contribution is -2.63. The Kier molecular flexibility index (Phi) is 13.6. The second-order valence-electron chi connectivity index (χ2n) is 18.4. The molecule has 4 amide bonds. The number of hydrogen-bond donors (Lipinski definition) is 4. The maximum atomic E-state index is 14.4. The van der Waals surface area contributed by atoms with Crippen molar-refractivity contribution in [2.24, 2.45) is 45.3 Å². The van der Waals surface area contributed by atoms with Crippen LogP contribution in [0.25, 0.3) is 0 Å². The van der Waals surface area contributed by atoms with Crippen molar-refractivity contribution in [2.75, 3.05) is 51.5 Å². The van der Waals surface area contributed by atoms with Crippen LogP contribution in [-0.2, 0) is 57.3 Å². The standard InChI is InChI=1S/C40H56N4O12S4/c1-53-29(45)25-15-57-58-16-26(30(46)54-2)42-35(51)39-11-23-6-24(12-39)14-40(13-23,20-39)36(52)44-28(32(48)56-4)18-60-59-17-27(31(47)55-3)43-34(50)38-9-21-5-22(10-38)8-37(7-21,19-38)33(49)41-25/h21-28H,5-20H2,1-4H3,(H,41,49)(H,42,51)(H,43,50)(H,44,52)/t21?,22?,23?,24?,25-,26-,27-,28-,37?,38?,39?,40?/m1/s1. The van der Waals surface area contributed by atoms with Gasteiger partial charge in [0.25, 0.3) is 0 Å². The summed E-state index contributed by atoms with van der Waals surface area (Å²) in [7, 11) is 9.98. The van der Waals surface area contributed by atoms with Crippen molar-refractivity contribution in [1.82, 2.24) is 21.3 Å². The van der Waals surface area contributed by atoms with Gasteiger partial charge < -0.3 is 40.2 Å². The summed E-state index contributed by atoms with van der Waals surface area (Å²) >= 11 is 0. The number of amides is 4. The van der Waals surface area contributed by atoms with Crippen LogP contribution in [0.3, 0.4) is 0 Å². The normalized spacial score (nSPS) is 40.9. The molecule has 4 spiro atoms. The number of methoxy groups -OCH3 is 4. The van der Waals surface area contributed by atoms with Gasteiger partial charge in [-0.05, 0) is 101 Å². The summed E-state index contributed by atoms with van der Waals surface area (Å²) in [4.78, 5) is 110. The van der Waals surface area contributed by atoms with E-state index in [4.69, 9.17) is 18.9 Å². The van der Waals surface area contributed by atoms with E-state index in [0.29, 0.717) is 51.4 Å². The van der Waals surface area contributed by atoms with Gasteiger partial charge in [0.15, 0.2) is 0 Å². The zero-order chi connectivity index (χ0) is 43.0. The highest BCUT2D eigenvalue weighted by atomic mass is 33.1. The van der Waals surface area contributed by atoms with Gasteiger partial charge in [-0.2, -0.15) is 0 Å². The van der Waals surface area contributed by atoms with Crippen molar-refractivity contribution in [2.45, 2.75) is 101 Å². The van der Waals surface area contributed by atoms with Crippen molar-refractivity contribution in [1.29, 1.82) is 0 Å². The summed E-state index contributed by atoms with van der Waals surface area (Å²) in [5.41, 5.74) is -3.59. The molecular weight excluding hydrogens is 857 g/mol. The van der Waals surface area contributed by atoms with Gasteiger partial charge in [0.2, 0.25) is 23.6 Å². The zero-order valence-electron chi connectivity index (χ0n) is 34.5. The predicted molar refractivity (Wildman–Crippen MR) is 225 cm³/mol. The largest absolute Gasteiger partial charge is 0.467 e. The number of nitrogens with one attached hydrogen (secondary N) is 4. The van der Waals surface area contributed by atoms with Crippen LogP contribution in [-0.4, -0.2) is 123 Å². The highest BCUT2D eigenvalue weighted by molar-refractivity contribution is 8.77. The molecule has 9 rings (SSSR count). The molecule has 0 aromatic carbocycles. The van der Waals surface area contributed by atoms with Gasteiger partial charge in [-0.1, -0.05) is 43.2 Å². The monoisotopic (exact) mass is 912 g/mol. The lowest BCUT2D eigenvalue weighted by atomic mass is 9.43. The molecule has 4 N–H and O–H groups in total. The molecule has 4 atom stereocenters. The summed E-state index contributed by atoms with van der Waals surface area (Å²) in [6.45, 7) is 0. The van der Waals surface area contributed by atoms with Crippen molar-refractivity contribution < 1.29 is 57.3 Å². The first-order valence-corrected chi connectivity index (χ1v) is 25.6. The Balaban J connectivity index is 1.16. The molecule has 1 aliphatic heterocycles. The van der Waals surface area contributed by atoms with Crippen LogP contribution in [0.4, 0.5) is 0 Å². The molecule has 0 aromatic rings. The lowest BCUT2D eigenvalue weighted by Gasteiger charge is -2.60. The van der Waals surface area contributed by atoms with E-state index in [1.165, 1.54) is 71.6 Å². The average molecular weight is 913 g/mol. The van der Waals surface area contributed by atoms with Crippen LogP contribution in [0.15, 0.2) is 0 Å². The van der Waals surface area contributed by atoms with Gasteiger partial charge in [0, 0.05) is 23.0 Å². The summed E-state index contributed by atoms with van der Waals surface area (Å²) < 4.78 is 20.4. The van der Waals surface area contributed by atoms with E-state index >= 15 is 0 Å². The Morgan fingerprint density at radius 3 is 0.800 bits per heavy atom. The molecule has 0 radical (unpaired) electrons. The topological polar surface area (TPSA) is 222 Å². The number of hydrogen-bond acceptors (Lipinski definition) is 16. The summed E-state index contributed by atoms with van der Waals surface area (Å²) in [5, 5.41) is 11.8. The highest BCUT2D eigenvalue weighted by Gasteiger charge is 2.65. The van der Waals surface area contributed by atoms with E-state index < -0.39 is 69.7 Å². The van der Waals surface area contributed by atoms with E-state index in [2.05, 4.69) is 21.3 Å². The number of esters is 4. The molecule has 1 heterocycles. The van der Waals surface area contributed by atoms with Crippen molar-refractivity contribution >= 4 is 90.7 Å². The number of carbonyl (C=O) groups excluding carboxylic acids is 8. The van der Waals surface area contributed by atoms with Crippen LogP contribution in [0.5, 0.6) is 0 Å². The van der Waals surface area contributed by atoms with Gasteiger partial charge >= 0.3 is 23.9 Å². The molecule has 1 saturated heterocycles. The molecule has 332 valence electrons. The fraction of sp³-hybridized carbons (Fsp3) is 0.800. The fourth-order valence-corrected chi connectivity index (χ4v) is 17.1. The number of carbonyl (C=O) groups is 8. The second kappa shape index (κ2) is 18.1. The Bertz CT molecular complexity index is 1500. The van der Waals surface area contributed by atoms with E-state index in [-0.39, 0.29) is 83.2 Å². The third-order valence-electron chi connectivity index (χ3n) is 14.3. The summed E-state index contributed by atoms with van der Waals surface area (Å²) in [6.07, 6.45) is 6.95. The Labute approximate surface area is 365 Å². The van der Waals surface area contributed by atoms with Crippen molar-refractivity contribution in [3.8, 4) is 0 Å². The lowest BCUT2D eigenvalue weighted by molar-refractivity contribution is -0.170. The molecule has 8 saturated carbocycles. The van der Waals surface area contributed by atoms with E-state index in [0.717, 1.165) is 12.8 Å².